The second-order valence-electron chi connectivity index (χ2n) is 9.58. The van der Waals surface area contributed by atoms with Crippen LogP contribution in [0, 0.1) is 5.92 Å². The summed E-state index contributed by atoms with van der Waals surface area (Å²) in [7, 11) is 0. The average Bonchev–Trinajstić information content (AvgIpc) is 3.56. The van der Waals surface area contributed by atoms with E-state index in [4.69, 9.17) is 9.15 Å². The highest BCUT2D eigenvalue weighted by Gasteiger charge is 2.30. The number of furan rings is 1. The lowest BCUT2D eigenvalue weighted by atomic mass is 9.94. The highest BCUT2D eigenvalue weighted by Crippen LogP contribution is 2.29. The van der Waals surface area contributed by atoms with Gasteiger partial charge >= 0.3 is 0 Å². The van der Waals surface area contributed by atoms with Crippen LogP contribution in [0.1, 0.15) is 42.6 Å². The first-order valence-electron chi connectivity index (χ1n) is 12.2. The van der Waals surface area contributed by atoms with E-state index in [-0.39, 0.29) is 0 Å². The highest BCUT2D eigenvalue weighted by molar-refractivity contribution is 5.42. The first-order chi connectivity index (χ1) is 15.3. The van der Waals surface area contributed by atoms with Gasteiger partial charge < -0.3 is 9.15 Å². The van der Waals surface area contributed by atoms with Crippen molar-refractivity contribution in [2.45, 2.75) is 50.7 Å². The highest BCUT2D eigenvalue weighted by atomic mass is 16.5. The summed E-state index contributed by atoms with van der Waals surface area (Å²) in [6, 6.07) is 13.7. The molecular formula is C27H36N2O2. The molecule has 0 N–H and O–H groups in total. The van der Waals surface area contributed by atoms with Crippen LogP contribution in [-0.4, -0.2) is 61.3 Å². The molecule has 1 aromatic carbocycles. The zero-order valence-electron chi connectivity index (χ0n) is 18.6. The number of hydrogen-bond donors (Lipinski definition) is 0. The standard InChI is InChI=1S/C27H36N2O2/c1-2-7-24-19-25(18-23(24)6-1)29-14-11-22(12-15-29)20-28(21-27-10-5-17-31-27)13-3-8-26-9-4-16-30-26/h1-4,6-9,16,22,25,27H,5,10-15,17-21H2/b8-3+/t27-/m1/s1. The number of piperidine rings is 1. The first-order valence-corrected chi connectivity index (χ1v) is 12.2. The molecule has 3 aliphatic rings. The number of rotatable bonds is 8. The van der Waals surface area contributed by atoms with E-state index >= 15 is 0 Å². The zero-order chi connectivity index (χ0) is 20.9. The maximum absolute atomic E-state index is 5.95. The maximum Gasteiger partial charge on any atom is 0.126 e. The van der Waals surface area contributed by atoms with Crippen molar-refractivity contribution in [2.75, 3.05) is 39.3 Å². The molecule has 4 nitrogen and oxygen atoms in total. The molecule has 0 bridgehead atoms. The van der Waals surface area contributed by atoms with Gasteiger partial charge in [-0.05, 0) is 86.9 Å². The Morgan fingerprint density at radius 2 is 1.77 bits per heavy atom. The lowest BCUT2D eigenvalue weighted by molar-refractivity contribution is 0.0616. The Balaban J connectivity index is 1.12. The molecule has 3 heterocycles. The molecule has 1 atom stereocenters. The minimum atomic E-state index is 0.411. The molecule has 4 heteroatoms. The van der Waals surface area contributed by atoms with E-state index in [2.05, 4.69) is 46.2 Å². The van der Waals surface area contributed by atoms with Crippen molar-refractivity contribution in [3.63, 3.8) is 0 Å². The molecule has 166 valence electrons. The quantitative estimate of drug-likeness (QED) is 0.621. The smallest absolute Gasteiger partial charge is 0.126 e. The van der Waals surface area contributed by atoms with Crippen LogP contribution in [-0.2, 0) is 17.6 Å². The topological polar surface area (TPSA) is 28.9 Å². The van der Waals surface area contributed by atoms with Crippen LogP contribution < -0.4 is 0 Å². The normalized spacial score (nSPS) is 23.3. The number of fused-ring (bicyclic) bond motifs is 1. The van der Waals surface area contributed by atoms with Gasteiger partial charge in [-0.3, -0.25) is 9.80 Å². The fraction of sp³-hybridized carbons (Fsp3) is 0.556. The fourth-order valence-electron chi connectivity index (χ4n) is 5.66. The van der Waals surface area contributed by atoms with E-state index in [0.29, 0.717) is 6.10 Å². The Kier molecular flexibility index (Phi) is 6.88. The van der Waals surface area contributed by atoms with Gasteiger partial charge in [-0.2, -0.15) is 0 Å². The molecule has 2 saturated heterocycles. The van der Waals surface area contributed by atoms with Crippen LogP contribution in [0.3, 0.4) is 0 Å². The average molecular weight is 421 g/mol. The molecule has 0 amide bonds. The van der Waals surface area contributed by atoms with Gasteiger partial charge in [-0.1, -0.05) is 30.3 Å². The van der Waals surface area contributed by atoms with Gasteiger partial charge in [0.1, 0.15) is 5.76 Å². The maximum atomic E-state index is 5.95. The fourth-order valence-corrected chi connectivity index (χ4v) is 5.66. The van der Waals surface area contributed by atoms with Crippen molar-refractivity contribution in [3.8, 4) is 0 Å². The molecule has 0 radical (unpaired) electrons. The van der Waals surface area contributed by atoms with Crippen molar-refractivity contribution < 1.29 is 9.15 Å². The van der Waals surface area contributed by atoms with Gasteiger partial charge in [-0.15, -0.1) is 0 Å². The van der Waals surface area contributed by atoms with Crippen molar-refractivity contribution in [1.29, 1.82) is 0 Å². The largest absolute Gasteiger partial charge is 0.465 e. The van der Waals surface area contributed by atoms with Gasteiger partial charge in [0.05, 0.1) is 12.4 Å². The molecular weight excluding hydrogens is 384 g/mol. The molecule has 1 aliphatic carbocycles. The summed E-state index contributed by atoms with van der Waals surface area (Å²) in [6.07, 6.45) is 14.0. The number of likely N-dealkylation sites (tertiary alicyclic amines) is 1. The molecule has 31 heavy (non-hydrogen) atoms. The van der Waals surface area contributed by atoms with E-state index in [9.17, 15) is 0 Å². The lowest BCUT2D eigenvalue weighted by Crippen LogP contribution is -2.45. The monoisotopic (exact) mass is 420 g/mol. The summed E-state index contributed by atoms with van der Waals surface area (Å²) in [6.45, 7) is 6.64. The Morgan fingerprint density at radius 1 is 0.968 bits per heavy atom. The van der Waals surface area contributed by atoms with Crippen LogP contribution >= 0.6 is 0 Å². The Morgan fingerprint density at radius 3 is 2.45 bits per heavy atom. The zero-order valence-corrected chi connectivity index (χ0v) is 18.6. The Hall–Kier alpha value is -1.88. The van der Waals surface area contributed by atoms with Crippen molar-refractivity contribution in [2.24, 2.45) is 5.92 Å². The molecule has 2 fully saturated rings. The van der Waals surface area contributed by atoms with Crippen LogP contribution in [0.25, 0.3) is 6.08 Å². The summed E-state index contributed by atoms with van der Waals surface area (Å²) >= 11 is 0. The summed E-state index contributed by atoms with van der Waals surface area (Å²) in [5.41, 5.74) is 3.14. The van der Waals surface area contributed by atoms with Crippen LogP contribution in [0.4, 0.5) is 0 Å². The van der Waals surface area contributed by atoms with Crippen LogP contribution in [0.15, 0.2) is 53.2 Å². The Labute approximate surface area is 186 Å². The molecule has 0 spiro atoms. The van der Waals surface area contributed by atoms with E-state index in [1.165, 1.54) is 58.2 Å². The van der Waals surface area contributed by atoms with E-state index < -0.39 is 0 Å². The summed E-state index contributed by atoms with van der Waals surface area (Å²) in [5, 5.41) is 0. The second kappa shape index (κ2) is 10.2. The van der Waals surface area contributed by atoms with Crippen LogP contribution in [0.2, 0.25) is 0 Å². The molecule has 0 saturated carbocycles. The van der Waals surface area contributed by atoms with Gasteiger partial charge in [0.2, 0.25) is 0 Å². The predicted molar refractivity (Wildman–Crippen MR) is 125 cm³/mol. The number of benzene rings is 1. The molecule has 5 rings (SSSR count). The SMILES string of the molecule is C(=C\c1ccco1)/CN(CC1CCN(C2Cc3ccccc3C2)CC1)C[C@H]1CCCO1. The predicted octanol–water partition coefficient (Wildman–Crippen LogP) is 4.65. The third-order valence-electron chi connectivity index (χ3n) is 7.39. The minimum absolute atomic E-state index is 0.411. The van der Waals surface area contributed by atoms with Gasteiger partial charge in [-0.25, -0.2) is 0 Å². The van der Waals surface area contributed by atoms with Gasteiger partial charge in [0, 0.05) is 32.3 Å². The Bertz CT molecular complexity index is 808. The second-order valence-corrected chi connectivity index (χ2v) is 9.58. The number of hydrogen-bond acceptors (Lipinski definition) is 4. The lowest BCUT2D eigenvalue weighted by Gasteiger charge is -2.38. The molecule has 0 unspecified atom stereocenters. The molecule has 2 aromatic rings. The van der Waals surface area contributed by atoms with Crippen molar-refractivity contribution in [1.82, 2.24) is 9.80 Å². The van der Waals surface area contributed by atoms with Gasteiger partial charge in [0.15, 0.2) is 0 Å². The third kappa shape index (κ3) is 5.49. The first kappa shape index (κ1) is 21.0. The third-order valence-corrected chi connectivity index (χ3v) is 7.39. The number of nitrogens with zero attached hydrogens (tertiary/aromatic N) is 2. The van der Waals surface area contributed by atoms with Crippen molar-refractivity contribution in [3.05, 3.63) is 65.6 Å². The van der Waals surface area contributed by atoms with Gasteiger partial charge in [0.25, 0.3) is 0 Å². The minimum Gasteiger partial charge on any atom is -0.465 e. The summed E-state index contributed by atoms with van der Waals surface area (Å²) < 4.78 is 11.4. The summed E-state index contributed by atoms with van der Waals surface area (Å²) in [4.78, 5) is 5.37. The molecule has 1 aromatic heterocycles. The van der Waals surface area contributed by atoms with Crippen molar-refractivity contribution >= 4 is 6.08 Å². The molecule has 2 aliphatic heterocycles. The van der Waals surface area contributed by atoms with E-state index in [1.807, 2.05) is 12.1 Å². The van der Waals surface area contributed by atoms with E-state index in [1.54, 1.807) is 17.4 Å². The number of ether oxygens (including phenoxy) is 1. The summed E-state index contributed by atoms with van der Waals surface area (Å²) in [5.74, 6) is 1.72. The van der Waals surface area contributed by atoms with E-state index in [0.717, 1.165) is 37.4 Å². The van der Waals surface area contributed by atoms with Crippen LogP contribution in [0.5, 0.6) is 0 Å².